The molecule has 94 valence electrons. The normalized spacial score (nSPS) is 21.6. The summed E-state index contributed by atoms with van der Waals surface area (Å²) in [5, 5.41) is 0. The molecule has 2 nitrogen and oxygen atoms in total. The Morgan fingerprint density at radius 2 is 2.35 bits per heavy atom. The molecule has 0 saturated carbocycles. The van der Waals surface area contributed by atoms with E-state index in [2.05, 4.69) is 28.9 Å². The topological polar surface area (TPSA) is 19.0 Å². The van der Waals surface area contributed by atoms with E-state index in [1.165, 1.54) is 50.8 Å². The van der Waals surface area contributed by atoms with Crippen LogP contribution < -0.4 is 0 Å². The van der Waals surface area contributed by atoms with Gasteiger partial charge in [0.2, 0.25) is 0 Å². The van der Waals surface area contributed by atoms with Crippen LogP contribution in [0.15, 0.2) is 18.3 Å². The van der Waals surface area contributed by atoms with E-state index in [0.717, 1.165) is 4.64 Å². The smallest absolute Gasteiger partial charge is 0.108 e. The number of aromatic nitrogens is 1. The van der Waals surface area contributed by atoms with Crippen LogP contribution in [0, 0.1) is 4.64 Å². The van der Waals surface area contributed by atoms with Gasteiger partial charge in [-0.25, -0.2) is 0 Å². The number of likely N-dealkylation sites (tertiary alicyclic amines) is 1. The highest BCUT2D eigenvalue weighted by atomic mass is 32.1. The van der Waals surface area contributed by atoms with E-state index >= 15 is 0 Å². The molecule has 0 radical (unpaired) electrons. The maximum absolute atomic E-state index is 5.42. The number of H-pyrrole nitrogens is 1. The first kappa shape index (κ1) is 12.8. The first-order valence-electron chi connectivity index (χ1n) is 6.74. The third-order valence-corrected chi connectivity index (χ3v) is 3.97. The van der Waals surface area contributed by atoms with Gasteiger partial charge in [0.1, 0.15) is 4.64 Å². The van der Waals surface area contributed by atoms with Crippen molar-refractivity contribution in [3.8, 4) is 0 Å². The van der Waals surface area contributed by atoms with Crippen molar-refractivity contribution in [3.05, 3.63) is 28.5 Å². The van der Waals surface area contributed by atoms with Crippen molar-refractivity contribution in [2.45, 2.75) is 45.1 Å². The van der Waals surface area contributed by atoms with Crippen LogP contribution in [0.5, 0.6) is 0 Å². The molecule has 0 amide bonds. The minimum absolute atomic E-state index is 0.542. The van der Waals surface area contributed by atoms with E-state index in [4.69, 9.17) is 12.2 Å². The maximum atomic E-state index is 5.42. The SMILES string of the molecule is CCCCN1CCCC[C@H]1c1ccc[nH]c1=S. The van der Waals surface area contributed by atoms with Crippen LogP contribution in [0.1, 0.15) is 50.6 Å². The van der Waals surface area contributed by atoms with Crippen molar-refractivity contribution in [3.63, 3.8) is 0 Å². The molecule has 1 aliphatic rings. The molecule has 1 aliphatic heterocycles. The highest BCUT2D eigenvalue weighted by Crippen LogP contribution is 2.31. The van der Waals surface area contributed by atoms with Crippen molar-refractivity contribution in [2.24, 2.45) is 0 Å². The summed E-state index contributed by atoms with van der Waals surface area (Å²) in [5.74, 6) is 0. The number of hydrogen-bond acceptors (Lipinski definition) is 2. The van der Waals surface area contributed by atoms with E-state index in [1.807, 2.05) is 6.20 Å². The van der Waals surface area contributed by atoms with Crippen molar-refractivity contribution < 1.29 is 0 Å². The molecular weight excluding hydrogens is 228 g/mol. The summed E-state index contributed by atoms with van der Waals surface area (Å²) >= 11 is 5.42. The van der Waals surface area contributed by atoms with E-state index < -0.39 is 0 Å². The molecular formula is C14H22N2S. The van der Waals surface area contributed by atoms with Crippen molar-refractivity contribution in [1.29, 1.82) is 0 Å². The van der Waals surface area contributed by atoms with Crippen LogP contribution in [0.3, 0.4) is 0 Å². The monoisotopic (exact) mass is 250 g/mol. The predicted octanol–water partition coefficient (Wildman–Crippen LogP) is 4.07. The summed E-state index contributed by atoms with van der Waals surface area (Å²) in [7, 11) is 0. The maximum Gasteiger partial charge on any atom is 0.108 e. The van der Waals surface area contributed by atoms with Gasteiger partial charge >= 0.3 is 0 Å². The minimum atomic E-state index is 0.542. The zero-order valence-electron chi connectivity index (χ0n) is 10.6. The second kappa shape index (κ2) is 6.31. The molecule has 0 aliphatic carbocycles. The molecule has 1 fully saturated rings. The van der Waals surface area contributed by atoms with Gasteiger partial charge in [0.05, 0.1) is 0 Å². The van der Waals surface area contributed by atoms with Gasteiger partial charge in [0.15, 0.2) is 0 Å². The molecule has 1 N–H and O–H groups in total. The number of piperidine rings is 1. The lowest BCUT2D eigenvalue weighted by molar-refractivity contribution is 0.146. The molecule has 1 atom stereocenters. The minimum Gasteiger partial charge on any atom is -0.353 e. The summed E-state index contributed by atoms with van der Waals surface area (Å²) in [6.45, 7) is 4.70. The highest BCUT2D eigenvalue weighted by molar-refractivity contribution is 7.71. The van der Waals surface area contributed by atoms with Crippen LogP contribution in [-0.4, -0.2) is 23.0 Å². The number of unbranched alkanes of at least 4 members (excludes halogenated alkanes) is 1. The zero-order valence-corrected chi connectivity index (χ0v) is 11.4. The second-order valence-electron chi connectivity index (χ2n) is 4.86. The Morgan fingerprint density at radius 1 is 1.47 bits per heavy atom. The van der Waals surface area contributed by atoms with Gasteiger partial charge in [-0.1, -0.05) is 38.0 Å². The average Bonchev–Trinajstić information content (AvgIpc) is 2.37. The summed E-state index contributed by atoms with van der Waals surface area (Å²) in [6, 6.07) is 4.80. The van der Waals surface area contributed by atoms with Crippen LogP contribution >= 0.6 is 12.2 Å². The number of pyridine rings is 1. The third-order valence-electron chi connectivity index (χ3n) is 3.62. The van der Waals surface area contributed by atoms with Crippen LogP contribution in [0.4, 0.5) is 0 Å². The number of rotatable bonds is 4. The molecule has 17 heavy (non-hydrogen) atoms. The summed E-state index contributed by atoms with van der Waals surface area (Å²) < 4.78 is 0.917. The summed E-state index contributed by atoms with van der Waals surface area (Å²) in [4.78, 5) is 5.78. The van der Waals surface area contributed by atoms with E-state index in [1.54, 1.807) is 0 Å². The molecule has 1 aromatic rings. The Hall–Kier alpha value is -0.670. The average molecular weight is 250 g/mol. The Morgan fingerprint density at radius 3 is 3.12 bits per heavy atom. The lowest BCUT2D eigenvalue weighted by atomic mass is 9.96. The quantitative estimate of drug-likeness (QED) is 0.812. The van der Waals surface area contributed by atoms with E-state index in [9.17, 15) is 0 Å². The van der Waals surface area contributed by atoms with Crippen molar-refractivity contribution in [1.82, 2.24) is 9.88 Å². The van der Waals surface area contributed by atoms with Crippen molar-refractivity contribution in [2.75, 3.05) is 13.1 Å². The van der Waals surface area contributed by atoms with Crippen LogP contribution in [0.2, 0.25) is 0 Å². The lowest BCUT2D eigenvalue weighted by Gasteiger charge is -2.35. The summed E-state index contributed by atoms with van der Waals surface area (Å²) in [5.41, 5.74) is 1.32. The van der Waals surface area contributed by atoms with Gasteiger partial charge in [-0.3, -0.25) is 4.90 Å². The molecule has 1 aromatic heterocycles. The molecule has 1 saturated heterocycles. The molecule has 0 spiro atoms. The Balaban J connectivity index is 2.16. The number of hydrogen-bond donors (Lipinski definition) is 1. The van der Waals surface area contributed by atoms with E-state index in [0.29, 0.717) is 6.04 Å². The molecule has 3 heteroatoms. The first-order chi connectivity index (χ1) is 8.33. The van der Waals surface area contributed by atoms with E-state index in [-0.39, 0.29) is 0 Å². The van der Waals surface area contributed by atoms with Gasteiger partial charge in [-0.05, 0) is 38.4 Å². The van der Waals surface area contributed by atoms with Gasteiger partial charge in [-0.15, -0.1) is 0 Å². The largest absolute Gasteiger partial charge is 0.353 e. The zero-order chi connectivity index (χ0) is 12.1. The fourth-order valence-corrected chi connectivity index (χ4v) is 2.94. The molecule has 2 heterocycles. The van der Waals surface area contributed by atoms with Gasteiger partial charge in [-0.2, -0.15) is 0 Å². The summed E-state index contributed by atoms with van der Waals surface area (Å²) in [6.07, 6.45) is 8.40. The molecule has 0 bridgehead atoms. The standard InChI is InChI=1S/C14H22N2S/c1-2-3-10-16-11-5-4-8-13(16)12-7-6-9-15-14(12)17/h6-7,9,13H,2-5,8,10-11H2,1H3,(H,15,17)/t13-/m0/s1. The Labute approximate surface area is 109 Å². The molecule has 0 unspecified atom stereocenters. The van der Waals surface area contributed by atoms with Crippen LogP contribution in [-0.2, 0) is 0 Å². The predicted molar refractivity (Wildman–Crippen MR) is 74.7 cm³/mol. The van der Waals surface area contributed by atoms with Crippen LogP contribution in [0.25, 0.3) is 0 Å². The lowest BCUT2D eigenvalue weighted by Crippen LogP contribution is -2.34. The number of aromatic amines is 1. The highest BCUT2D eigenvalue weighted by Gasteiger charge is 2.23. The Kier molecular flexibility index (Phi) is 4.75. The van der Waals surface area contributed by atoms with Gasteiger partial charge in [0.25, 0.3) is 0 Å². The number of nitrogens with zero attached hydrogens (tertiary/aromatic N) is 1. The molecule has 2 rings (SSSR count). The van der Waals surface area contributed by atoms with Crippen molar-refractivity contribution >= 4 is 12.2 Å². The fraction of sp³-hybridized carbons (Fsp3) is 0.643. The first-order valence-corrected chi connectivity index (χ1v) is 7.15. The fourth-order valence-electron chi connectivity index (χ4n) is 2.67. The second-order valence-corrected chi connectivity index (χ2v) is 5.26. The van der Waals surface area contributed by atoms with Gasteiger partial charge < -0.3 is 4.98 Å². The van der Waals surface area contributed by atoms with Gasteiger partial charge in [0, 0.05) is 17.8 Å². The third kappa shape index (κ3) is 3.17. The number of nitrogens with one attached hydrogen (secondary N) is 1. The molecule has 0 aromatic carbocycles. The Bertz CT molecular complexity index is 399.